The van der Waals surface area contributed by atoms with E-state index in [1.165, 1.54) is 12.1 Å². The van der Waals surface area contributed by atoms with Crippen LogP contribution in [0.4, 0.5) is 8.78 Å². The molecule has 1 aromatic carbocycles. The van der Waals surface area contributed by atoms with Crippen molar-refractivity contribution in [1.29, 1.82) is 0 Å². The van der Waals surface area contributed by atoms with Crippen molar-refractivity contribution in [3.63, 3.8) is 0 Å². The molecule has 0 aliphatic carbocycles. The van der Waals surface area contributed by atoms with Gasteiger partial charge in [-0.3, -0.25) is 0 Å². The van der Waals surface area contributed by atoms with Crippen LogP contribution in [-0.2, 0) is 4.74 Å². The Labute approximate surface area is 119 Å². The second kappa shape index (κ2) is 6.64. The molecule has 0 spiro atoms. The fourth-order valence-electron chi connectivity index (χ4n) is 2.86. The van der Waals surface area contributed by atoms with Gasteiger partial charge in [0.05, 0.1) is 11.6 Å². The molecule has 2 nitrogen and oxygen atoms in total. The van der Waals surface area contributed by atoms with Gasteiger partial charge in [0.2, 0.25) is 0 Å². The highest BCUT2D eigenvalue weighted by Gasteiger charge is 2.38. The van der Waals surface area contributed by atoms with E-state index in [1.54, 1.807) is 0 Å². The van der Waals surface area contributed by atoms with Crippen molar-refractivity contribution in [2.45, 2.75) is 51.2 Å². The molecule has 1 fully saturated rings. The molecule has 2 atom stereocenters. The lowest BCUT2D eigenvalue weighted by Gasteiger charge is -2.41. The summed E-state index contributed by atoms with van der Waals surface area (Å²) in [4.78, 5) is 0. The van der Waals surface area contributed by atoms with Crippen molar-refractivity contribution < 1.29 is 13.5 Å². The van der Waals surface area contributed by atoms with Crippen LogP contribution in [-0.4, -0.2) is 18.8 Å². The standard InChI is InChI=1S/C16H23F2NO/c1-3-9-19-15(16(2)8-4-5-10-20-16)13-11-12(17)6-7-14(13)18/h6-7,11,15,19H,3-5,8-10H2,1-2H3. The maximum absolute atomic E-state index is 14.1. The number of hydrogen-bond donors (Lipinski definition) is 1. The Kier molecular flexibility index (Phi) is 5.11. The van der Waals surface area contributed by atoms with Crippen LogP contribution in [0.3, 0.4) is 0 Å². The predicted octanol–water partition coefficient (Wildman–Crippen LogP) is 3.96. The number of hydrogen-bond acceptors (Lipinski definition) is 2. The first-order chi connectivity index (χ1) is 9.57. The number of nitrogens with one attached hydrogen (secondary N) is 1. The number of benzene rings is 1. The Morgan fingerprint density at radius 2 is 2.15 bits per heavy atom. The molecule has 2 rings (SSSR count). The van der Waals surface area contributed by atoms with Gasteiger partial charge >= 0.3 is 0 Å². The Bertz CT molecular complexity index is 444. The van der Waals surface area contributed by atoms with E-state index in [2.05, 4.69) is 12.2 Å². The van der Waals surface area contributed by atoms with E-state index in [9.17, 15) is 8.78 Å². The van der Waals surface area contributed by atoms with Gasteiger partial charge in [-0.05, 0) is 57.4 Å². The van der Waals surface area contributed by atoms with Crippen LogP contribution in [0, 0.1) is 11.6 Å². The molecule has 0 saturated carbocycles. The normalized spacial score (nSPS) is 24.6. The minimum Gasteiger partial charge on any atom is -0.373 e. The fraction of sp³-hybridized carbons (Fsp3) is 0.625. The molecule has 4 heteroatoms. The quantitative estimate of drug-likeness (QED) is 0.883. The zero-order valence-corrected chi connectivity index (χ0v) is 12.2. The van der Waals surface area contributed by atoms with Gasteiger partial charge in [-0.2, -0.15) is 0 Å². The van der Waals surface area contributed by atoms with E-state index >= 15 is 0 Å². The molecular formula is C16H23F2NO. The Hall–Kier alpha value is -1.00. The zero-order valence-electron chi connectivity index (χ0n) is 12.2. The first kappa shape index (κ1) is 15.4. The smallest absolute Gasteiger partial charge is 0.128 e. The van der Waals surface area contributed by atoms with Crippen LogP contribution >= 0.6 is 0 Å². The molecule has 0 bridgehead atoms. The molecule has 0 aromatic heterocycles. The summed E-state index contributed by atoms with van der Waals surface area (Å²) in [5.41, 5.74) is -0.120. The first-order valence-electron chi connectivity index (χ1n) is 7.39. The summed E-state index contributed by atoms with van der Waals surface area (Å²) >= 11 is 0. The average molecular weight is 283 g/mol. The van der Waals surface area contributed by atoms with Gasteiger partial charge in [-0.1, -0.05) is 6.92 Å². The average Bonchev–Trinajstić information content (AvgIpc) is 2.43. The summed E-state index contributed by atoms with van der Waals surface area (Å²) in [5.74, 6) is -0.792. The van der Waals surface area contributed by atoms with Gasteiger partial charge in [0, 0.05) is 12.2 Å². The third-order valence-corrected chi connectivity index (χ3v) is 3.98. The molecule has 1 N–H and O–H groups in total. The summed E-state index contributed by atoms with van der Waals surface area (Å²) in [6.45, 7) is 5.47. The lowest BCUT2D eigenvalue weighted by molar-refractivity contribution is -0.0904. The van der Waals surface area contributed by atoms with Crippen LogP contribution in [0.5, 0.6) is 0 Å². The second-order valence-corrected chi connectivity index (χ2v) is 5.67. The van der Waals surface area contributed by atoms with Crippen LogP contribution in [0.1, 0.15) is 51.1 Å². The lowest BCUT2D eigenvalue weighted by Crippen LogP contribution is -2.46. The van der Waals surface area contributed by atoms with E-state index in [1.807, 2.05) is 6.92 Å². The van der Waals surface area contributed by atoms with Crippen molar-refractivity contribution in [2.75, 3.05) is 13.2 Å². The number of halogens is 2. The fourth-order valence-corrected chi connectivity index (χ4v) is 2.86. The molecule has 20 heavy (non-hydrogen) atoms. The van der Waals surface area contributed by atoms with Crippen molar-refractivity contribution >= 4 is 0 Å². The molecule has 1 saturated heterocycles. The Morgan fingerprint density at radius 1 is 1.35 bits per heavy atom. The largest absolute Gasteiger partial charge is 0.373 e. The van der Waals surface area contributed by atoms with E-state index in [-0.39, 0.29) is 11.9 Å². The molecule has 112 valence electrons. The van der Waals surface area contributed by atoms with E-state index in [0.717, 1.165) is 38.3 Å². The topological polar surface area (TPSA) is 21.3 Å². The summed E-state index contributed by atoms with van der Waals surface area (Å²) in [6, 6.07) is 3.31. The van der Waals surface area contributed by atoms with Gasteiger partial charge in [0.15, 0.2) is 0 Å². The number of ether oxygens (including phenoxy) is 1. The minimum absolute atomic E-state index is 0.321. The molecule has 1 aliphatic heterocycles. The zero-order chi connectivity index (χ0) is 14.6. The van der Waals surface area contributed by atoms with Gasteiger partial charge < -0.3 is 10.1 Å². The van der Waals surface area contributed by atoms with Crippen molar-refractivity contribution in [1.82, 2.24) is 5.32 Å². The van der Waals surface area contributed by atoms with Crippen LogP contribution < -0.4 is 5.32 Å². The van der Waals surface area contributed by atoms with Gasteiger partial charge in [-0.25, -0.2) is 8.78 Å². The predicted molar refractivity (Wildman–Crippen MR) is 75.6 cm³/mol. The monoisotopic (exact) mass is 283 g/mol. The summed E-state index contributed by atoms with van der Waals surface area (Å²) in [6.07, 6.45) is 3.87. The highest BCUT2D eigenvalue weighted by molar-refractivity contribution is 5.25. The third kappa shape index (κ3) is 3.36. The minimum atomic E-state index is -0.484. The second-order valence-electron chi connectivity index (χ2n) is 5.67. The molecule has 0 radical (unpaired) electrons. The summed E-state index contributed by atoms with van der Waals surface area (Å²) in [7, 11) is 0. The molecule has 1 heterocycles. The lowest BCUT2D eigenvalue weighted by atomic mass is 9.83. The van der Waals surface area contributed by atoms with Crippen molar-refractivity contribution in [3.8, 4) is 0 Å². The van der Waals surface area contributed by atoms with E-state index in [0.29, 0.717) is 12.2 Å². The van der Waals surface area contributed by atoms with Gasteiger partial charge in [0.1, 0.15) is 11.6 Å². The van der Waals surface area contributed by atoms with Crippen LogP contribution in [0.2, 0.25) is 0 Å². The summed E-state index contributed by atoms with van der Waals surface area (Å²) < 4.78 is 33.5. The molecular weight excluding hydrogens is 260 g/mol. The first-order valence-corrected chi connectivity index (χ1v) is 7.39. The Balaban J connectivity index is 2.33. The van der Waals surface area contributed by atoms with Crippen molar-refractivity contribution in [2.24, 2.45) is 0 Å². The highest BCUT2D eigenvalue weighted by atomic mass is 19.1. The van der Waals surface area contributed by atoms with E-state index in [4.69, 9.17) is 4.74 Å². The van der Waals surface area contributed by atoms with E-state index < -0.39 is 11.4 Å². The van der Waals surface area contributed by atoms with Gasteiger partial charge in [-0.15, -0.1) is 0 Å². The van der Waals surface area contributed by atoms with Crippen LogP contribution in [0.15, 0.2) is 18.2 Å². The van der Waals surface area contributed by atoms with Crippen molar-refractivity contribution in [3.05, 3.63) is 35.4 Å². The molecule has 2 unspecified atom stereocenters. The SMILES string of the molecule is CCCNC(c1cc(F)ccc1F)C1(C)CCCCO1. The number of rotatable bonds is 5. The Morgan fingerprint density at radius 3 is 2.80 bits per heavy atom. The maximum atomic E-state index is 14.1. The summed E-state index contributed by atoms with van der Waals surface area (Å²) in [5, 5.41) is 3.33. The molecule has 1 aliphatic rings. The maximum Gasteiger partial charge on any atom is 0.128 e. The molecule has 1 aromatic rings. The highest BCUT2D eigenvalue weighted by Crippen LogP contribution is 2.37. The van der Waals surface area contributed by atoms with Gasteiger partial charge in [0.25, 0.3) is 0 Å². The third-order valence-electron chi connectivity index (χ3n) is 3.98. The van der Waals surface area contributed by atoms with Crippen LogP contribution in [0.25, 0.3) is 0 Å². The molecule has 0 amide bonds.